The number of hydrogen-bond donors (Lipinski definition) is 2. The third-order valence-corrected chi connectivity index (χ3v) is 5.37. The average molecular weight is 442 g/mol. The van der Waals surface area contributed by atoms with Gasteiger partial charge in [-0.05, 0) is 56.9 Å². The van der Waals surface area contributed by atoms with Gasteiger partial charge in [0.1, 0.15) is 24.5 Å². The van der Waals surface area contributed by atoms with Crippen LogP contribution < -0.4 is 10.2 Å². The van der Waals surface area contributed by atoms with E-state index in [-0.39, 0.29) is 0 Å². The summed E-state index contributed by atoms with van der Waals surface area (Å²) in [5.74, 6) is 2.47. The van der Waals surface area contributed by atoms with Crippen LogP contribution in [0.25, 0.3) is 17.5 Å². The molecular formula is C24H27N9. The van der Waals surface area contributed by atoms with E-state index in [2.05, 4.69) is 68.5 Å². The Bertz CT molecular complexity index is 1280. The first-order valence-electron chi connectivity index (χ1n) is 10.9. The van der Waals surface area contributed by atoms with Crippen molar-refractivity contribution in [3.63, 3.8) is 0 Å². The molecule has 0 fully saturated rings. The molecule has 0 spiro atoms. The first-order valence-corrected chi connectivity index (χ1v) is 10.9. The van der Waals surface area contributed by atoms with Gasteiger partial charge in [-0.25, -0.2) is 14.6 Å². The van der Waals surface area contributed by atoms with Crippen LogP contribution in [0.15, 0.2) is 55.0 Å². The Morgan fingerprint density at radius 1 is 1.12 bits per heavy atom. The summed E-state index contributed by atoms with van der Waals surface area (Å²) in [6, 6.07) is 14.5. The molecule has 168 valence electrons. The SMILES string of the molecule is Cc1cccc(-c2[nH]c(CNc3cccc(CN(C)C)c3)nc2N2C=Cc3ncnn3C2)n1. The van der Waals surface area contributed by atoms with Gasteiger partial charge in [0.25, 0.3) is 0 Å². The molecule has 4 aromatic rings. The average Bonchev–Trinajstić information content (AvgIpc) is 3.44. The van der Waals surface area contributed by atoms with Crippen LogP contribution >= 0.6 is 0 Å². The number of hydrogen-bond acceptors (Lipinski definition) is 7. The van der Waals surface area contributed by atoms with Gasteiger partial charge in [-0.1, -0.05) is 18.2 Å². The summed E-state index contributed by atoms with van der Waals surface area (Å²) in [6.07, 6.45) is 5.49. The fourth-order valence-corrected chi connectivity index (χ4v) is 3.89. The number of nitrogens with one attached hydrogen (secondary N) is 2. The van der Waals surface area contributed by atoms with Crippen LogP contribution in [0.2, 0.25) is 0 Å². The maximum atomic E-state index is 4.93. The molecule has 5 rings (SSSR count). The normalized spacial score (nSPS) is 12.9. The molecule has 0 saturated carbocycles. The van der Waals surface area contributed by atoms with E-state index in [0.29, 0.717) is 13.2 Å². The van der Waals surface area contributed by atoms with Crippen molar-refractivity contribution >= 4 is 17.6 Å². The highest BCUT2D eigenvalue weighted by Gasteiger charge is 2.21. The summed E-state index contributed by atoms with van der Waals surface area (Å²) in [5.41, 5.74) is 5.02. The Balaban J connectivity index is 1.42. The molecule has 33 heavy (non-hydrogen) atoms. The number of H-pyrrole nitrogens is 1. The number of rotatable bonds is 7. The fraction of sp³-hybridized carbons (Fsp3) is 0.250. The number of fused-ring (bicyclic) bond motifs is 1. The molecule has 0 aliphatic carbocycles. The van der Waals surface area contributed by atoms with Gasteiger partial charge in [-0.2, -0.15) is 5.10 Å². The van der Waals surface area contributed by atoms with E-state index in [9.17, 15) is 0 Å². The number of aromatic amines is 1. The van der Waals surface area contributed by atoms with Gasteiger partial charge >= 0.3 is 0 Å². The minimum Gasteiger partial charge on any atom is -0.378 e. The number of pyridine rings is 1. The van der Waals surface area contributed by atoms with Crippen LogP contribution in [0.3, 0.4) is 0 Å². The van der Waals surface area contributed by atoms with Crippen LogP contribution in [0.5, 0.6) is 0 Å². The lowest BCUT2D eigenvalue weighted by atomic mass is 10.2. The Labute approximate surface area is 192 Å². The lowest BCUT2D eigenvalue weighted by molar-refractivity contribution is 0.402. The molecular weight excluding hydrogens is 414 g/mol. The van der Waals surface area contributed by atoms with E-state index in [1.807, 2.05) is 42.1 Å². The van der Waals surface area contributed by atoms with Gasteiger partial charge in [0.2, 0.25) is 0 Å². The van der Waals surface area contributed by atoms with E-state index in [0.717, 1.165) is 46.8 Å². The van der Waals surface area contributed by atoms with Gasteiger partial charge in [0.05, 0.1) is 12.2 Å². The molecule has 9 nitrogen and oxygen atoms in total. The summed E-state index contributed by atoms with van der Waals surface area (Å²) < 4.78 is 1.84. The maximum Gasteiger partial charge on any atom is 0.162 e. The summed E-state index contributed by atoms with van der Waals surface area (Å²) in [6.45, 7) is 3.99. The van der Waals surface area contributed by atoms with Gasteiger partial charge in [-0.15, -0.1) is 0 Å². The van der Waals surface area contributed by atoms with Crippen molar-refractivity contribution in [1.82, 2.24) is 34.6 Å². The molecule has 2 N–H and O–H groups in total. The molecule has 0 bridgehead atoms. The van der Waals surface area contributed by atoms with E-state index < -0.39 is 0 Å². The smallest absolute Gasteiger partial charge is 0.162 e. The molecule has 4 heterocycles. The number of imidazole rings is 1. The summed E-state index contributed by atoms with van der Waals surface area (Å²) in [5, 5.41) is 7.80. The van der Waals surface area contributed by atoms with Crippen molar-refractivity contribution in [2.45, 2.75) is 26.7 Å². The lowest BCUT2D eigenvalue weighted by Gasteiger charge is -2.22. The number of nitrogens with zero attached hydrogens (tertiary/aromatic N) is 7. The highest BCUT2D eigenvalue weighted by molar-refractivity contribution is 5.72. The minimum absolute atomic E-state index is 0.537. The molecule has 3 aromatic heterocycles. The monoisotopic (exact) mass is 441 g/mol. The van der Waals surface area contributed by atoms with Gasteiger partial charge in [0, 0.05) is 24.1 Å². The summed E-state index contributed by atoms with van der Waals surface area (Å²) in [7, 11) is 4.14. The third-order valence-electron chi connectivity index (χ3n) is 5.37. The summed E-state index contributed by atoms with van der Waals surface area (Å²) >= 11 is 0. The predicted octanol–water partition coefficient (Wildman–Crippen LogP) is 3.49. The van der Waals surface area contributed by atoms with Crippen LogP contribution in [0.1, 0.15) is 22.9 Å². The van der Waals surface area contributed by atoms with Crippen LogP contribution in [-0.2, 0) is 19.8 Å². The van der Waals surface area contributed by atoms with Crippen LogP contribution in [0.4, 0.5) is 11.5 Å². The van der Waals surface area contributed by atoms with Crippen molar-refractivity contribution in [3.05, 3.63) is 77.9 Å². The van der Waals surface area contributed by atoms with E-state index in [1.54, 1.807) is 6.33 Å². The Hall–Kier alpha value is -3.98. The Morgan fingerprint density at radius 3 is 2.85 bits per heavy atom. The van der Waals surface area contributed by atoms with Crippen LogP contribution in [-0.4, -0.2) is 48.7 Å². The second-order valence-corrected chi connectivity index (χ2v) is 8.38. The molecule has 0 atom stereocenters. The largest absolute Gasteiger partial charge is 0.378 e. The molecule has 1 aromatic carbocycles. The molecule has 1 aliphatic rings. The van der Waals surface area contributed by atoms with E-state index in [1.165, 1.54) is 5.56 Å². The van der Waals surface area contributed by atoms with Crippen molar-refractivity contribution in [2.24, 2.45) is 0 Å². The van der Waals surface area contributed by atoms with Gasteiger partial charge in [0.15, 0.2) is 11.6 Å². The second-order valence-electron chi connectivity index (χ2n) is 8.38. The second kappa shape index (κ2) is 8.87. The number of aryl methyl sites for hydroxylation is 1. The number of benzene rings is 1. The maximum absolute atomic E-state index is 4.93. The molecule has 0 unspecified atom stereocenters. The van der Waals surface area contributed by atoms with Crippen molar-refractivity contribution in [1.29, 1.82) is 0 Å². The van der Waals surface area contributed by atoms with E-state index in [4.69, 9.17) is 9.97 Å². The summed E-state index contributed by atoms with van der Waals surface area (Å²) in [4.78, 5) is 21.6. The standard InChI is InChI=1S/C24H27N9/c1-17-6-4-9-20(28-17)23-24(32-11-10-22-26-15-27-33(22)16-32)30-21(29-23)13-25-19-8-5-7-18(12-19)14-31(2)3/h4-12,15,25H,13-14,16H2,1-3H3,(H,29,30). The predicted molar refractivity (Wildman–Crippen MR) is 129 cm³/mol. The molecule has 0 amide bonds. The van der Waals surface area contributed by atoms with Gasteiger partial charge < -0.3 is 20.1 Å². The fourth-order valence-electron chi connectivity index (χ4n) is 3.89. The highest BCUT2D eigenvalue weighted by atomic mass is 15.4. The quantitative estimate of drug-likeness (QED) is 0.454. The molecule has 1 aliphatic heterocycles. The number of aromatic nitrogens is 6. The van der Waals surface area contributed by atoms with Crippen molar-refractivity contribution in [2.75, 3.05) is 24.3 Å². The topological polar surface area (TPSA) is 90.8 Å². The first-order chi connectivity index (χ1) is 16.0. The van der Waals surface area contributed by atoms with Crippen LogP contribution in [0, 0.1) is 6.92 Å². The molecule has 0 radical (unpaired) electrons. The Kier molecular flexibility index (Phi) is 5.62. The highest BCUT2D eigenvalue weighted by Crippen LogP contribution is 2.30. The van der Waals surface area contributed by atoms with Crippen molar-refractivity contribution in [3.8, 4) is 11.4 Å². The van der Waals surface area contributed by atoms with Crippen molar-refractivity contribution < 1.29 is 0 Å². The molecule has 0 saturated heterocycles. The number of anilines is 2. The zero-order chi connectivity index (χ0) is 22.8. The Morgan fingerprint density at radius 2 is 2.00 bits per heavy atom. The van der Waals surface area contributed by atoms with Gasteiger partial charge in [-0.3, -0.25) is 4.98 Å². The molecule has 9 heteroatoms. The van der Waals surface area contributed by atoms with E-state index >= 15 is 0 Å². The minimum atomic E-state index is 0.537. The zero-order valence-corrected chi connectivity index (χ0v) is 19.0. The lowest BCUT2D eigenvalue weighted by Crippen LogP contribution is -2.26. The zero-order valence-electron chi connectivity index (χ0n) is 19.0. The third kappa shape index (κ3) is 4.63. The first kappa shape index (κ1) is 20.9.